The van der Waals surface area contributed by atoms with Gasteiger partial charge in [-0.15, -0.1) is 0 Å². The molecule has 1 fully saturated rings. The zero-order chi connectivity index (χ0) is 9.80. The number of hydrogen-bond donors (Lipinski definition) is 1. The van der Waals surface area contributed by atoms with Crippen LogP contribution in [-0.4, -0.2) is 24.9 Å². The summed E-state index contributed by atoms with van der Waals surface area (Å²) >= 11 is 0. The molecule has 0 aromatic carbocycles. The summed E-state index contributed by atoms with van der Waals surface area (Å²) in [5.41, 5.74) is 6.66. The van der Waals surface area contributed by atoms with E-state index in [1.54, 1.807) is 6.20 Å². The van der Waals surface area contributed by atoms with Gasteiger partial charge in [0.05, 0.1) is 12.8 Å². The molecule has 2 rings (SSSR count). The van der Waals surface area contributed by atoms with Gasteiger partial charge in [-0.3, -0.25) is 0 Å². The zero-order valence-corrected chi connectivity index (χ0v) is 8.24. The number of nitrogens with two attached hydrogens (primary N) is 1. The molecule has 0 amide bonds. The van der Waals surface area contributed by atoms with E-state index in [-0.39, 0.29) is 0 Å². The Morgan fingerprint density at radius 3 is 3.21 bits per heavy atom. The molecule has 1 aromatic rings. The highest BCUT2D eigenvalue weighted by molar-refractivity contribution is 5.18. The molecule has 0 bridgehead atoms. The van der Waals surface area contributed by atoms with Crippen LogP contribution < -0.4 is 5.73 Å². The lowest BCUT2D eigenvalue weighted by atomic mass is 9.96. The minimum atomic E-state index is 0.382. The van der Waals surface area contributed by atoms with Crippen LogP contribution in [-0.2, 0) is 11.2 Å². The van der Waals surface area contributed by atoms with Gasteiger partial charge in [-0.1, -0.05) is 5.16 Å². The molecule has 1 aromatic heterocycles. The zero-order valence-electron chi connectivity index (χ0n) is 8.24. The molecular weight excluding hydrogens is 180 g/mol. The molecule has 4 nitrogen and oxygen atoms in total. The molecule has 1 atom stereocenters. The summed E-state index contributed by atoms with van der Waals surface area (Å²) in [5.74, 6) is 1.36. The maximum absolute atomic E-state index is 5.52. The molecule has 1 saturated heterocycles. The molecule has 2 N–H and O–H groups in total. The second-order valence-electron chi connectivity index (χ2n) is 3.67. The van der Waals surface area contributed by atoms with Crippen LogP contribution in [0, 0.1) is 0 Å². The van der Waals surface area contributed by atoms with Crippen molar-refractivity contribution in [3.63, 3.8) is 0 Å². The van der Waals surface area contributed by atoms with Crippen LogP contribution in [0.1, 0.15) is 30.1 Å². The van der Waals surface area contributed by atoms with E-state index in [4.69, 9.17) is 15.0 Å². The Kier molecular flexibility index (Phi) is 3.16. The largest absolute Gasteiger partial charge is 0.381 e. The Hall–Kier alpha value is -0.870. The molecule has 0 saturated carbocycles. The molecule has 1 aliphatic heterocycles. The van der Waals surface area contributed by atoms with Crippen molar-refractivity contribution in [2.75, 3.05) is 19.8 Å². The molecule has 2 heterocycles. The fourth-order valence-electron chi connectivity index (χ4n) is 1.90. The minimum Gasteiger partial charge on any atom is -0.381 e. The summed E-state index contributed by atoms with van der Waals surface area (Å²) in [6, 6.07) is 0. The molecule has 78 valence electrons. The van der Waals surface area contributed by atoms with Crippen molar-refractivity contribution in [2.24, 2.45) is 5.73 Å². The Morgan fingerprint density at radius 1 is 1.57 bits per heavy atom. The van der Waals surface area contributed by atoms with Gasteiger partial charge in [0.2, 0.25) is 0 Å². The molecule has 0 spiro atoms. The Morgan fingerprint density at radius 2 is 2.50 bits per heavy atom. The topological polar surface area (TPSA) is 61.3 Å². The van der Waals surface area contributed by atoms with Crippen molar-refractivity contribution in [2.45, 2.75) is 25.2 Å². The lowest BCUT2D eigenvalue weighted by Gasteiger charge is -2.20. The van der Waals surface area contributed by atoms with E-state index in [2.05, 4.69) is 5.16 Å². The number of aromatic nitrogens is 1. The number of rotatable bonds is 3. The van der Waals surface area contributed by atoms with Crippen molar-refractivity contribution in [1.82, 2.24) is 5.16 Å². The van der Waals surface area contributed by atoms with Gasteiger partial charge < -0.3 is 15.0 Å². The number of ether oxygens (including phenoxy) is 1. The Balaban J connectivity index is 2.09. The third-order valence-corrected chi connectivity index (χ3v) is 2.62. The highest BCUT2D eigenvalue weighted by Gasteiger charge is 2.22. The first kappa shape index (κ1) is 9.68. The molecule has 14 heavy (non-hydrogen) atoms. The maximum atomic E-state index is 5.52. The quantitative estimate of drug-likeness (QED) is 0.785. The van der Waals surface area contributed by atoms with Crippen LogP contribution in [0.2, 0.25) is 0 Å². The summed E-state index contributed by atoms with van der Waals surface area (Å²) in [4.78, 5) is 0. The van der Waals surface area contributed by atoms with Gasteiger partial charge in [-0.05, 0) is 25.8 Å². The lowest BCUT2D eigenvalue weighted by molar-refractivity contribution is 0.0718. The fourth-order valence-corrected chi connectivity index (χ4v) is 1.90. The van der Waals surface area contributed by atoms with Crippen molar-refractivity contribution in [3.05, 3.63) is 17.5 Å². The fraction of sp³-hybridized carbons (Fsp3) is 0.700. The summed E-state index contributed by atoms with van der Waals surface area (Å²) < 4.78 is 10.7. The first-order valence-corrected chi connectivity index (χ1v) is 5.13. The smallest absolute Gasteiger partial charge is 0.145 e. The van der Waals surface area contributed by atoms with Crippen LogP contribution in [0.25, 0.3) is 0 Å². The summed E-state index contributed by atoms with van der Waals surface area (Å²) in [5, 5.41) is 3.83. The summed E-state index contributed by atoms with van der Waals surface area (Å²) in [6.45, 7) is 2.27. The highest BCUT2D eigenvalue weighted by atomic mass is 16.5. The monoisotopic (exact) mass is 196 g/mol. The molecular formula is C10H16N2O2. The Labute approximate surface area is 83.4 Å². The van der Waals surface area contributed by atoms with Crippen molar-refractivity contribution in [1.29, 1.82) is 0 Å². The van der Waals surface area contributed by atoms with Crippen molar-refractivity contribution < 1.29 is 9.26 Å². The van der Waals surface area contributed by atoms with Crippen LogP contribution in [0.5, 0.6) is 0 Å². The number of nitrogens with zero attached hydrogens (tertiary/aromatic N) is 1. The van der Waals surface area contributed by atoms with E-state index in [0.717, 1.165) is 43.8 Å². The molecule has 0 radical (unpaired) electrons. The van der Waals surface area contributed by atoms with Crippen LogP contribution in [0.15, 0.2) is 10.7 Å². The molecule has 0 aliphatic carbocycles. The van der Waals surface area contributed by atoms with Crippen molar-refractivity contribution in [3.8, 4) is 0 Å². The standard InChI is InChI=1S/C10H16N2O2/c11-4-3-8-6-12-14-10(8)9-2-1-5-13-7-9/h6,9H,1-5,7,11H2. The van der Waals surface area contributed by atoms with Crippen molar-refractivity contribution >= 4 is 0 Å². The van der Waals surface area contributed by atoms with Gasteiger partial charge in [-0.2, -0.15) is 0 Å². The molecule has 4 heteroatoms. The normalized spacial score (nSPS) is 22.5. The van der Waals surface area contributed by atoms with E-state index >= 15 is 0 Å². The van der Waals surface area contributed by atoms with Gasteiger partial charge >= 0.3 is 0 Å². The average molecular weight is 196 g/mol. The van der Waals surface area contributed by atoms with Crippen LogP contribution >= 0.6 is 0 Å². The third kappa shape index (κ3) is 1.96. The van der Waals surface area contributed by atoms with Crippen LogP contribution in [0.3, 0.4) is 0 Å². The second-order valence-corrected chi connectivity index (χ2v) is 3.67. The second kappa shape index (κ2) is 4.57. The van der Waals surface area contributed by atoms with E-state index < -0.39 is 0 Å². The van der Waals surface area contributed by atoms with Gasteiger partial charge in [0.25, 0.3) is 0 Å². The average Bonchev–Trinajstić information content (AvgIpc) is 2.68. The summed E-state index contributed by atoms with van der Waals surface area (Å²) in [7, 11) is 0. The van der Waals surface area contributed by atoms with Gasteiger partial charge in [0, 0.05) is 18.1 Å². The maximum Gasteiger partial charge on any atom is 0.145 e. The first-order valence-electron chi connectivity index (χ1n) is 5.13. The molecule has 1 unspecified atom stereocenters. The third-order valence-electron chi connectivity index (χ3n) is 2.62. The predicted molar refractivity (Wildman–Crippen MR) is 52.1 cm³/mol. The van der Waals surface area contributed by atoms with E-state index in [0.29, 0.717) is 12.5 Å². The summed E-state index contributed by atoms with van der Waals surface area (Å²) in [6.07, 6.45) is 4.85. The lowest BCUT2D eigenvalue weighted by Crippen LogP contribution is -2.16. The van der Waals surface area contributed by atoms with Gasteiger partial charge in [0.1, 0.15) is 5.76 Å². The van der Waals surface area contributed by atoms with E-state index in [9.17, 15) is 0 Å². The SMILES string of the molecule is NCCc1cnoc1C1CCCOC1. The minimum absolute atomic E-state index is 0.382. The Bertz CT molecular complexity index is 279. The van der Waals surface area contributed by atoms with Gasteiger partial charge in [-0.25, -0.2) is 0 Å². The molecule has 1 aliphatic rings. The van der Waals surface area contributed by atoms with E-state index in [1.165, 1.54) is 0 Å². The van der Waals surface area contributed by atoms with E-state index in [1.807, 2.05) is 0 Å². The predicted octanol–water partition coefficient (Wildman–Crippen LogP) is 1.07. The van der Waals surface area contributed by atoms with Gasteiger partial charge in [0.15, 0.2) is 0 Å². The number of hydrogen-bond acceptors (Lipinski definition) is 4. The van der Waals surface area contributed by atoms with Crippen LogP contribution in [0.4, 0.5) is 0 Å². The first-order chi connectivity index (χ1) is 6.92. The highest BCUT2D eigenvalue weighted by Crippen LogP contribution is 2.27.